The van der Waals surface area contributed by atoms with E-state index in [4.69, 9.17) is 5.73 Å². The summed E-state index contributed by atoms with van der Waals surface area (Å²) in [7, 11) is 0. The number of rotatable bonds is 4. The second kappa shape index (κ2) is 6.19. The third-order valence-corrected chi connectivity index (χ3v) is 6.16. The third kappa shape index (κ3) is 2.73. The molecule has 1 aromatic heterocycles. The van der Waals surface area contributed by atoms with Crippen LogP contribution in [0.15, 0.2) is 65.5 Å². The molecular weight excluding hydrogens is 365 g/mol. The van der Waals surface area contributed by atoms with Crippen LogP contribution in [0, 0.1) is 0 Å². The molecule has 0 bridgehead atoms. The molecule has 4 aromatic rings. The van der Waals surface area contributed by atoms with Crippen LogP contribution in [0.5, 0.6) is 0 Å². The van der Waals surface area contributed by atoms with Crippen molar-refractivity contribution in [2.45, 2.75) is 6.54 Å². The summed E-state index contributed by atoms with van der Waals surface area (Å²) >= 11 is -0.0986. The Morgan fingerprint density at radius 1 is 1.00 bits per heavy atom. The Kier molecular flexibility index (Phi) is 3.89. The monoisotopic (exact) mass is 383 g/mol. The van der Waals surface area contributed by atoms with Gasteiger partial charge in [0.2, 0.25) is 0 Å². The first-order valence-corrected chi connectivity index (χ1v) is 9.54. The Morgan fingerprint density at radius 3 is 2.54 bits per heavy atom. The molecule has 0 saturated carbocycles. The van der Waals surface area contributed by atoms with Crippen molar-refractivity contribution in [1.29, 1.82) is 0 Å². The van der Waals surface area contributed by atoms with Crippen LogP contribution in [0.3, 0.4) is 0 Å². The minimum absolute atomic E-state index is 0.0986. The number of nitrogen functional groups attached to an aromatic ring is 1. The average molecular weight is 382 g/mol. The van der Waals surface area contributed by atoms with E-state index in [-0.39, 0.29) is 18.9 Å². The summed E-state index contributed by atoms with van der Waals surface area (Å²) in [5.74, 6) is 0. The molecule has 0 aliphatic carbocycles. The Labute approximate surface area is 145 Å². The maximum atomic E-state index is 12.2. The third-order valence-electron chi connectivity index (χ3n) is 4.14. The van der Waals surface area contributed by atoms with Gasteiger partial charge in [-0.15, -0.1) is 0 Å². The van der Waals surface area contributed by atoms with E-state index in [1.165, 1.54) is 4.26 Å². The van der Waals surface area contributed by atoms with Crippen LogP contribution in [-0.2, 0) is 6.54 Å². The summed E-state index contributed by atoms with van der Waals surface area (Å²) in [4.78, 5) is 12.2. The number of benzene rings is 3. The van der Waals surface area contributed by atoms with E-state index in [1.807, 2.05) is 47.0 Å². The van der Waals surface area contributed by atoms with E-state index >= 15 is 0 Å². The first-order valence-electron chi connectivity index (χ1n) is 7.83. The van der Waals surface area contributed by atoms with Gasteiger partial charge in [-0.3, -0.25) is 0 Å². The molecule has 0 atom stereocenters. The van der Waals surface area contributed by atoms with Crippen LogP contribution in [0.1, 0.15) is 0 Å². The number of hydrogen-bond donors (Lipinski definition) is 2. The summed E-state index contributed by atoms with van der Waals surface area (Å²) in [6, 6.07) is 20.2. The van der Waals surface area contributed by atoms with Gasteiger partial charge < -0.3 is 0 Å². The summed E-state index contributed by atoms with van der Waals surface area (Å²) < 4.78 is 3.26. The zero-order valence-corrected chi connectivity index (χ0v) is 14.7. The molecule has 120 valence electrons. The van der Waals surface area contributed by atoms with Crippen molar-refractivity contribution in [3.8, 4) is 0 Å². The second-order valence-corrected chi connectivity index (χ2v) is 7.78. The van der Waals surface area contributed by atoms with Crippen LogP contribution >= 0.6 is 0 Å². The van der Waals surface area contributed by atoms with Gasteiger partial charge in [0.05, 0.1) is 0 Å². The number of anilines is 2. The molecule has 0 saturated heterocycles. The van der Waals surface area contributed by atoms with Gasteiger partial charge in [-0.05, 0) is 0 Å². The summed E-state index contributed by atoms with van der Waals surface area (Å²) in [6.07, 6.45) is 0. The molecule has 0 fully saturated rings. The minimum atomic E-state index is -0.0986. The fourth-order valence-corrected chi connectivity index (χ4v) is 4.86. The number of nitrogens with two attached hydrogens (primary N) is 1. The van der Waals surface area contributed by atoms with E-state index in [0.717, 1.165) is 27.7 Å². The van der Waals surface area contributed by atoms with Crippen molar-refractivity contribution >= 4 is 46.4 Å². The van der Waals surface area contributed by atoms with Crippen molar-refractivity contribution in [3.05, 3.63) is 69.9 Å². The van der Waals surface area contributed by atoms with Crippen molar-refractivity contribution < 1.29 is 0 Å². The average Bonchev–Trinajstić information content (AvgIpc) is 2.91. The molecule has 3 aromatic carbocycles. The normalized spacial score (nSPS) is 11.2. The zero-order valence-electron chi connectivity index (χ0n) is 13.0. The van der Waals surface area contributed by atoms with Crippen LogP contribution in [0.4, 0.5) is 11.4 Å². The molecule has 4 rings (SSSR count). The van der Waals surface area contributed by atoms with Gasteiger partial charge in [0, 0.05) is 0 Å². The van der Waals surface area contributed by atoms with Gasteiger partial charge in [0.25, 0.3) is 0 Å². The number of fused-ring (bicyclic) bond motifs is 2. The van der Waals surface area contributed by atoms with Gasteiger partial charge in [-0.1, -0.05) is 0 Å². The summed E-state index contributed by atoms with van der Waals surface area (Å²) in [5, 5.41) is 5.66. The van der Waals surface area contributed by atoms with E-state index in [1.54, 1.807) is 0 Å². The number of nitrogens with one attached hydrogen (secondary N) is 1. The quantitative estimate of drug-likeness (QED) is 0.422. The molecule has 24 heavy (non-hydrogen) atoms. The molecule has 5 heteroatoms. The first-order chi connectivity index (χ1) is 11.7. The number of hydrogen-bond acceptors (Lipinski definition) is 3. The van der Waals surface area contributed by atoms with Crippen molar-refractivity contribution in [3.63, 3.8) is 0 Å². The van der Waals surface area contributed by atoms with Crippen LogP contribution in [0.2, 0.25) is 0 Å². The topological polar surface area (TPSA) is 60.0 Å². The first kappa shape index (κ1) is 15.1. The molecule has 0 aliphatic heterocycles. The number of para-hydroxylation sites is 1. The predicted octanol–water partition coefficient (Wildman–Crippen LogP) is 2.91. The Morgan fingerprint density at radius 2 is 1.71 bits per heavy atom. The van der Waals surface area contributed by atoms with E-state index < -0.39 is 0 Å². The van der Waals surface area contributed by atoms with Gasteiger partial charge >= 0.3 is 145 Å². The Bertz CT molecular complexity index is 1080. The van der Waals surface area contributed by atoms with Gasteiger partial charge in [0.1, 0.15) is 0 Å². The SMILES string of the molecule is Nc1cc2ccccc2cc1NCCn1c(=O)[se]c2ccccc21. The Hall–Kier alpha value is -2.49. The van der Waals surface area contributed by atoms with Gasteiger partial charge in [0.15, 0.2) is 0 Å². The van der Waals surface area contributed by atoms with E-state index in [2.05, 4.69) is 23.5 Å². The predicted molar refractivity (Wildman–Crippen MR) is 102 cm³/mol. The molecule has 0 amide bonds. The van der Waals surface area contributed by atoms with Crippen LogP contribution in [-0.4, -0.2) is 25.6 Å². The number of nitrogens with zero attached hydrogens (tertiary/aromatic N) is 1. The molecule has 0 aliphatic rings. The number of aromatic nitrogens is 1. The van der Waals surface area contributed by atoms with Crippen molar-refractivity contribution in [1.82, 2.24) is 4.57 Å². The van der Waals surface area contributed by atoms with E-state index in [0.29, 0.717) is 13.1 Å². The zero-order chi connectivity index (χ0) is 16.5. The van der Waals surface area contributed by atoms with Gasteiger partial charge in [-0.2, -0.15) is 0 Å². The summed E-state index contributed by atoms with van der Waals surface area (Å²) in [6.45, 7) is 1.31. The Balaban J connectivity index is 1.56. The van der Waals surface area contributed by atoms with Crippen molar-refractivity contribution in [2.75, 3.05) is 17.6 Å². The molecular formula is C19H17N3OSe. The molecule has 3 N–H and O–H groups in total. The standard InChI is InChI=1S/C19H17N3OSe/c20-15-11-13-5-1-2-6-14(13)12-16(15)21-9-10-22-17-7-3-4-8-18(17)24-19(22)23/h1-8,11-12,21H,9-10,20H2. The second-order valence-electron chi connectivity index (χ2n) is 5.70. The van der Waals surface area contributed by atoms with E-state index in [9.17, 15) is 4.79 Å². The fraction of sp³-hybridized carbons (Fsp3) is 0.105. The molecule has 1 heterocycles. The molecule has 0 unspecified atom stereocenters. The molecule has 4 nitrogen and oxygen atoms in total. The van der Waals surface area contributed by atoms with Gasteiger partial charge in [-0.25, -0.2) is 0 Å². The fourth-order valence-electron chi connectivity index (χ4n) is 2.94. The molecule has 0 radical (unpaired) electrons. The van der Waals surface area contributed by atoms with Crippen LogP contribution < -0.4 is 15.5 Å². The maximum absolute atomic E-state index is 12.2. The summed E-state index contributed by atoms with van der Waals surface area (Å²) in [5.41, 5.74) is 8.84. The van der Waals surface area contributed by atoms with Crippen LogP contribution in [0.25, 0.3) is 20.5 Å². The van der Waals surface area contributed by atoms with Crippen molar-refractivity contribution in [2.24, 2.45) is 0 Å². The molecule has 0 spiro atoms.